The molecule has 0 radical (unpaired) electrons. The molecule has 1 saturated heterocycles. The van der Waals surface area contributed by atoms with Gasteiger partial charge in [-0.25, -0.2) is 9.59 Å². The van der Waals surface area contributed by atoms with Crippen molar-refractivity contribution >= 4 is 23.7 Å². The number of nitrogens with zero attached hydrogens (tertiary/aromatic N) is 1. The largest absolute Gasteiger partial charge is 0.496 e. The second-order valence-electron chi connectivity index (χ2n) is 11.5. The molecule has 5 rings (SSSR count). The number of carbonyl (C=O) groups is 2. The van der Waals surface area contributed by atoms with Crippen LogP contribution in [-0.4, -0.2) is 37.2 Å². The number of rotatable bonds is 7. The molecule has 270 valence electrons. The van der Waals surface area contributed by atoms with Gasteiger partial charge >= 0.3 is 30.6 Å². The van der Waals surface area contributed by atoms with Gasteiger partial charge in [0.15, 0.2) is 0 Å². The van der Waals surface area contributed by atoms with E-state index in [1.807, 2.05) is 0 Å². The highest BCUT2D eigenvalue weighted by molar-refractivity contribution is 6.33. The van der Waals surface area contributed by atoms with Gasteiger partial charge in [0, 0.05) is 28.3 Å². The molecule has 1 fully saturated rings. The maximum Gasteiger partial charge on any atom is 0.416 e. The summed E-state index contributed by atoms with van der Waals surface area (Å²) >= 11 is 6.48. The predicted octanol–water partition coefficient (Wildman–Crippen LogP) is 10.6. The molecule has 2 atom stereocenters. The summed E-state index contributed by atoms with van der Waals surface area (Å²) < 4.78 is 139. The van der Waals surface area contributed by atoms with E-state index in [0.29, 0.717) is 23.3 Å². The second-order valence-corrected chi connectivity index (χ2v) is 11.9. The second kappa shape index (κ2) is 13.7. The summed E-state index contributed by atoms with van der Waals surface area (Å²) in [5.74, 6) is -0.462. The lowest BCUT2D eigenvalue weighted by Crippen LogP contribution is -2.31. The topological polar surface area (TPSA) is 65.1 Å². The summed E-state index contributed by atoms with van der Waals surface area (Å²) in [4.78, 5) is 25.9. The van der Waals surface area contributed by atoms with E-state index < -0.39 is 71.5 Å². The Morgan fingerprint density at radius 3 is 1.92 bits per heavy atom. The quantitative estimate of drug-likeness (QED) is 0.139. The predicted molar refractivity (Wildman–Crippen MR) is 166 cm³/mol. The summed E-state index contributed by atoms with van der Waals surface area (Å²) in [5, 5.41) is 0.138. The molecule has 0 spiro atoms. The average molecular weight is 746 g/mol. The molecule has 1 aliphatic heterocycles. The van der Waals surface area contributed by atoms with Gasteiger partial charge in [-0.2, -0.15) is 39.5 Å². The third-order valence-corrected chi connectivity index (χ3v) is 8.58. The fourth-order valence-electron chi connectivity index (χ4n) is 5.74. The van der Waals surface area contributed by atoms with Crippen molar-refractivity contribution in [1.82, 2.24) is 4.90 Å². The number of alkyl halides is 9. The van der Waals surface area contributed by atoms with Crippen LogP contribution in [0.25, 0.3) is 22.3 Å². The Kier molecular flexibility index (Phi) is 10.0. The van der Waals surface area contributed by atoms with Crippen LogP contribution in [0.15, 0.2) is 72.8 Å². The first kappa shape index (κ1) is 37.3. The van der Waals surface area contributed by atoms with Crippen LogP contribution in [0.2, 0.25) is 5.02 Å². The summed E-state index contributed by atoms with van der Waals surface area (Å²) in [6.07, 6.45) is -17.8. The Balaban J connectivity index is 1.60. The van der Waals surface area contributed by atoms with Crippen molar-refractivity contribution in [1.29, 1.82) is 0 Å². The van der Waals surface area contributed by atoms with Crippen molar-refractivity contribution in [3.05, 3.63) is 111 Å². The van der Waals surface area contributed by atoms with E-state index in [2.05, 4.69) is 0 Å². The fraction of sp³-hybridized carbons (Fsp3) is 0.257. The molecule has 4 aromatic carbocycles. The van der Waals surface area contributed by atoms with Crippen LogP contribution in [0, 0.1) is 0 Å². The van der Waals surface area contributed by atoms with Crippen LogP contribution in [0.3, 0.4) is 0 Å². The van der Waals surface area contributed by atoms with Gasteiger partial charge in [-0.05, 0) is 78.2 Å². The normalized spacial score (nSPS) is 16.6. The number of halogens is 10. The third kappa shape index (κ3) is 7.72. The zero-order chi connectivity index (χ0) is 37.6. The minimum Gasteiger partial charge on any atom is -0.496 e. The van der Waals surface area contributed by atoms with E-state index in [0.717, 1.165) is 23.1 Å². The van der Waals surface area contributed by atoms with Crippen molar-refractivity contribution in [2.45, 2.75) is 44.1 Å². The molecule has 16 heteroatoms. The minimum atomic E-state index is -5.15. The molecule has 0 aliphatic carbocycles. The molecule has 0 bridgehead atoms. The van der Waals surface area contributed by atoms with Gasteiger partial charge in [0.05, 0.1) is 42.5 Å². The van der Waals surface area contributed by atoms with Gasteiger partial charge in [0.25, 0.3) is 0 Å². The van der Waals surface area contributed by atoms with Crippen LogP contribution in [-0.2, 0) is 34.5 Å². The van der Waals surface area contributed by atoms with E-state index in [9.17, 15) is 49.1 Å². The number of carbonyl (C=O) groups excluding carboxylic acids is 2. The van der Waals surface area contributed by atoms with Gasteiger partial charge in [-0.3, -0.25) is 4.90 Å². The highest BCUT2D eigenvalue weighted by Crippen LogP contribution is 2.46. The monoisotopic (exact) mass is 745 g/mol. The molecule has 1 unspecified atom stereocenters. The van der Waals surface area contributed by atoms with E-state index in [-0.39, 0.29) is 39.1 Å². The van der Waals surface area contributed by atoms with E-state index >= 15 is 0 Å². The molecule has 0 N–H and O–H groups in total. The molecular weight excluding hydrogens is 721 g/mol. The fourth-order valence-corrected chi connectivity index (χ4v) is 6.03. The zero-order valence-corrected chi connectivity index (χ0v) is 27.3. The van der Waals surface area contributed by atoms with Crippen molar-refractivity contribution in [3.63, 3.8) is 0 Å². The Morgan fingerprint density at radius 2 is 1.37 bits per heavy atom. The number of amides is 1. The van der Waals surface area contributed by atoms with Crippen molar-refractivity contribution < 1.29 is 63.3 Å². The smallest absolute Gasteiger partial charge is 0.416 e. The summed E-state index contributed by atoms with van der Waals surface area (Å²) in [6, 6.07) is 11.4. The highest BCUT2D eigenvalue weighted by Gasteiger charge is 2.43. The first-order valence-corrected chi connectivity index (χ1v) is 15.1. The Labute approximate surface area is 289 Å². The van der Waals surface area contributed by atoms with Gasteiger partial charge in [-0.15, -0.1) is 0 Å². The molecule has 51 heavy (non-hydrogen) atoms. The molecule has 4 aromatic rings. The number of hydrogen-bond donors (Lipinski definition) is 0. The molecule has 1 heterocycles. The summed E-state index contributed by atoms with van der Waals surface area (Å²) in [5.41, 5.74) is -3.67. The average Bonchev–Trinajstić information content (AvgIpc) is 3.34. The van der Waals surface area contributed by atoms with Crippen LogP contribution < -0.4 is 4.74 Å². The highest BCUT2D eigenvalue weighted by atomic mass is 35.5. The summed E-state index contributed by atoms with van der Waals surface area (Å²) in [7, 11) is 2.50. The standard InChI is InChI=1S/C35H25ClF9NO5/c1-17-30(51-32(48)46(17)16-18-10-22(34(40,41)42)14-23(11-18)35(43,44)45)27-15-21(33(37,38)39)6-8-25(27)26-12-19(5-9-29(26)49-2)24-7-4-20(13-28(24)36)31(47)50-3/h4-15,17,30H,16H2,1-3H3/t17-,30?/m1/s1. The van der Waals surface area contributed by atoms with Crippen molar-refractivity contribution in [3.8, 4) is 28.0 Å². The van der Waals surface area contributed by atoms with E-state index in [1.165, 1.54) is 45.4 Å². The maximum absolute atomic E-state index is 14.0. The molecule has 1 amide bonds. The first-order valence-electron chi connectivity index (χ1n) is 14.8. The zero-order valence-electron chi connectivity index (χ0n) is 26.6. The first-order chi connectivity index (χ1) is 23.7. The van der Waals surface area contributed by atoms with Crippen LogP contribution in [0.5, 0.6) is 5.75 Å². The summed E-state index contributed by atoms with van der Waals surface area (Å²) in [6.45, 7) is 0.560. The van der Waals surface area contributed by atoms with Gasteiger partial charge in [0.1, 0.15) is 11.9 Å². The molecule has 0 aromatic heterocycles. The van der Waals surface area contributed by atoms with Crippen molar-refractivity contribution in [2.75, 3.05) is 14.2 Å². The molecule has 6 nitrogen and oxygen atoms in total. The molecular formula is C35H25ClF9NO5. The number of hydrogen-bond acceptors (Lipinski definition) is 5. The number of benzene rings is 4. The van der Waals surface area contributed by atoms with Crippen LogP contribution >= 0.6 is 11.6 Å². The Bertz CT molecular complexity index is 1960. The number of cyclic esters (lactones) is 1. The lowest BCUT2D eigenvalue weighted by Gasteiger charge is -2.24. The number of methoxy groups -OCH3 is 2. The SMILES string of the molecule is COC(=O)c1ccc(-c2ccc(OC)c(-c3ccc(C(F)(F)F)cc3C3OC(=O)N(Cc4cc(C(F)(F)F)cc(C(F)(F)F)c4)[C@@H]3C)c2)c(Cl)c1. The van der Waals surface area contributed by atoms with Crippen molar-refractivity contribution in [2.24, 2.45) is 0 Å². The molecule has 1 aliphatic rings. The number of ether oxygens (including phenoxy) is 3. The van der Waals surface area contributed by atoms with E-state index in [4.69, 9.17) is 25.8 Å². The minimum absolute atomic E-state index is 0.0604. The lowest BCUT2D eigenvalue weighted by molar-refractivity contribution is -0.143. The van der Waals surface area contributed by atoms with Gasteiger partial charge < -0.3 is 14.2 Å². The van der Waals surface area contributed by atoms with Crippen LogP contribution in [0.4, 0.5) is 44.3 Å². The van der Waals surface area contributed by atoms with E-state index in [1.54, 1.807) is 12.1 Å². The maximum atomic E-state index is 14.0. The van der Waals surface area contributed by atoms with Crippen LogP contribution in [0.1, 0.15) is 51.2 Å². The third-order valence-electron chi connectivity index (χ3n) is 8.27. The van der Waals surface area contributed by atoms with Gasteiger partial charge in [0.2, 0.25) is 0 Å². The lowest BCUT2D eigenvalue weighted by atomic mass is 9.89. The van der Waals surface area contributed by atoms with Gasteiger partial charge in [-0.1, -0.05) is 29.8 Å². The Morgan fingerprint density at radius 1 is 0.765 bits per heavy atom. The number of esters is 1. The molecule has 0 saturated carbocycles. The Hall–Kier alpha value is -4.92.